The third-order valence-electron chi connectivity index (χ3n) is 4.61. The molecule has 1 aromatic carbocycles. The van der Waals surface area contributed by atoms with Crippen LogP contribution in [0.15, 0.2) is 48.7 Å². The highest BCUT2D eigenvalue weighted by Gasteiger charge is 2.21. The molecule has 0 unspecified atom stereocenters. The maximum absolute atomic E-state index is 12.8. The highest BCUT2D eigenvalue weighted by molar-refractivity contribution is 5.94. The molecule has 0 aliphatic carbocycles. The first-order valence-electron chi connectivity index (χ1n) is 8.28. The molecule has 1 N–H and O–H groups in total. The number of hydrogen-bond donors (Lipinski definition) is 1. The monoisotopic (exact) mass is 334 g/mol. The topological polar surface area (TPSA) is 61.9 Å². The van der Waals surface area contributed by atoms with Crippen LogP contribution in [0.2, 0.25) is 0 Å². The van der Waals surface area contributed by atoms with Gasteiger partial charge in [0.15, 0.2) is 0 Å². The number of rotatable bonds is 4. The average molecular weight is 334 g/mol. The molecule has 0 saturated heterocycles. The minimum absolute atomic E-state index is 0.0565. The van der Waals surface area contributed by atoms with Crippen LogP contribution in [0.5, 0.6) is 0 Å². The van der Waals surface area contributed by atoms with Crippen molar-refractivity contribution in [3.63, 3.8) is 0 Å². The summed E-state index contributed by atoms with van der Waals surface area (Å²) in [5.74, 6) is -0.0565. The van der Waals surface area contributed by atoms with E-state index in [0.717, 1.165) is 28.2 Å². The van der Waals surface area contributed by atoms with Crippen LogP contribution in [0.4, 0.5) is 0 Å². The van der Waals surface area contributed by atoms with Crippen LogP contribution in [0, 0.1) is 13.8 Å². The summed E-state index contributed by atoms with van der Waals surface area (Å²) in [7, 11) is 1.80. The van der Waals surface area contributed by atoms with E-state index in [1.165, 1.54) is 0 Å². The van der Waals surface area contributed by atoms with Crippen molar-refractivity contribution in [1.29, 1.82) is 0 Å². The van der Waals surface area contributed by atoms with Gasteiger partial charge in [0.25, 0.3) is 5.91 Å². The second kappa shape index (κ2) is 6.89. The molecule has 2 heterocycles. The van der Waals surface area contributed by atoms with E-state index >= 15 is 0 Å². The van der Waals surface area contributed by atoms with Gasteiger partial charge in [-0.1, -0.05) is 30.3 Å². The van der Waals surface area contributed by atoms with Crippen LogP contribution in [-0.4, -0.2) is 33.0 Å². The molecule has 3 rings (SSSR count). The number of benzene rings is 1. The van der Waals surface area contributed by atoms with Crippen molar-refractivity contribution >= 4 is 5.91 Å². The Kier molecular flexibility index (Phi) is 4.65. The third-order valence-corrected chi connectivity index (χ3v) is 4.61. The maximum atomic E-state index is 12.8. The predicted molar refractivity (Wildman–Crippen MR) is 98.2 cm³/mol. The van der Waals surface area contributed by atoms with E-state index in [-0.39, 0.29) is 11.9 Å². The first-order chi connectivity index (χ1) is 12.0. The zero-order valence-electron chi connectivity index (χ0n) is 14.9. The van der Waals surface area contributed by atoms with Gasteiger partial charge < -0.3 is 4.90 Å². The van der Waals surface area contributed by atoms with Crippen molar-refractivity contribution in [1.82, 2.24) is 20.1 Å². The molecule has 1 atom stereocenters. The molecule has 0 aliphatic heterocycles. The van der Waals surface area contributed by atoms with Gasteiger partial charge in [-0.15, -0.1) is 0 Å². The Hall–Kier alpha value is -2.95. The van der Waals surface area contributed by atoms with Crippen molar-refractivity contribution in [3.05, 3.63) is 71.2 Å². The van der Waals surface area contributed by atoms with Crippen molar-refractivity contribution in [3.8, 4) is 11.3 Å². The summed E-state index contributed by atoms with van der Waals surface area (Å²) >= 11 is 0. The lowest BCUT2D eigenvalue weighted by molar-refractivity contribution is 0.0739. The van der Waals surface area contributed by atoms with Gasteiger partial charge in [0.2, 0.25) is 0 Å². The van der Waals surface area contributed by atoms with Crippen molar-refractivity contribution < 1.29 is 4.79 Å². The molecule has 5 heteroatoms. The van der Waals surface area contributed by atoms with Crippen LogP contribution < -0.4 is 0 Å². The number of carbonyl (C=O) groups is 1. The molecule has 0 bridgehead atoms. The number of carbonyl (C=O) groups excluding carboxylic acids is 1. The Labute approximate surface area is 147 Å². The van der Waals surface area contributed by atoms with E-state index in [2.05, 4.69) is 15.2 Å². The zero-order chi connectivity index (χ0) is 18.0. The van der Waals surface area contributed by atoms with E-state index in [0.29, 0.717) is 5.56 Å². The Balaban J connectivity index is 1.80. The van der Waals surface area contributed by atoms with E-state index in [4.69, 9.17) is 0 Å². The van der Waals surface area contributed by atoms with Gasteiger partial charge in [0.05, 0.1) is 23.0 Å². The molecular weight excluding hydrogens is 312 g/mol. The lowest BCUT2D eigenvalue weighted by Gasteiger charge is -2.24. The number of aryl methyl sites for hydroxylation is 2. The fourth-order valence-corrected chi connectivity index (χ4v) is 2.66. The lowest BCUT2D eigenvalue weighted by Crippen LogP contribution is -2.30. The Bertz CT molecular complexity index is 886. The molecule has 3 aromatic rings. The molecular formula is C20H22N4O. The SMILES string of the molecule is Cc1cc(C(=O)N(C)[C@@H](C)c2cc(-c3ccccc3)n[nH]2)cnc1C. The van der Waals surface area contributed by atoms with Gasteiger partial charge in [-0.2, -0.15) is 5.10 Å². The number of aromatic nitrogens is 3. The molecule has 0 aliphatic rings. The van der Waals surface area contributed by atoms with E-state index in [1.807, 2.05) is 63.2 Å². The van der Waals surface area contributed by atoms with Crippen molar-refractivity contribution in [2.75, 3.05) is 7.05 Å². The summed E-state index contributed by atoms with van der Waals surface area (Å²) in [5, 5.41) is 7.42. The summed E-state index contributed by atoms with van der Waals surface area (Å²) in [6.45, 7) is 5.88. The smallest absolute Gasteiger partial charge is 0.255 e. The Morgan fingerprint density at radius 3 is 2.56 bits per heavy atom. The van der Waals surface area contributed by atoms with Gasteiger partial charge in [-0.05, 0) is 38.5 Å². The first kappa shape index (κ1) is 16.9. The number of amides is 1. The standard InChI is InChI=1S/C20H22N4O/c1-13-10-17(12-21-14(13)2)20(25)24(4)15(3)18-11-19(23-22-18)16-8-6-5-7-9-16/h5-12,15H,1-4H3,(H,22,23)/t15-/m0/s1. The summed E-state index contributed by atoms with van der Waals surface area (Å²) in [5.41, 5.74) is 5.36. The molecule has 0 radical (unpaired) electrons. The summed E-state index contributed by atoms with van der Waals surface area (Å²) in [4.78, 5) is 18.7. The lowest BCUT2D eigenvalue weighted by atomic mass is 10.1. The quantitative estimate of drug-likeness (QED) is 0.786. The molecule has 2 aromatic heterocycles. The molecule has 128 valence electrons. The van der Waals surface area contributed by atoms with Gasteiger partial charge >= 0.3 is 0 Å². The van der Waals surface area contributed by atoms with Crippen LogP contribution in [0.1, 0.15) is 40.3 Å². The fourth-order valence-electron chi connectivity index (χ4n) is 2.66. The van der Waals surface area contributed by atoms with Gasteiger partial charge in [-0.3, -0.25) is 14.9 Å². The summed E-state index contributed by atoms with van der Waals surface area (Å²) in [6.07, 6.45) is 1.64. The van der Waals surface area contributed by atoms with Crippen LogP contribution in [0.25, 0.3) is 11.3 Å². The summed E-state index contributed by atoms with van der Waals surface area (Å²) in [6, 6.07) is 13.7. The number of nitrogens with zero attached hydrogens (tertiary/aromatic N) is 3. The molecule has 1 amide bonds. The molecule has 0 spiro atoms. The van der Waals surface area contributed by atoms with E-state index < -0.39 is 0 Å². The highest BCUT2D eigenvalue weighted by atomic mass is 16.2. The fraction of sp³-hybridized carbons (Fsp3) is 0.250. The van der Waals surface area contributed by atoms with Crippen LogP contribution in [0.3, 0.4) is 0 Å². The number of nitrogens with one attached hydrogen (secondary N) is 1. The van der Waals surface area contributed by atoms with Gasteiger partial charge in [0.1, 0.15) is 0 Å². The second-order valence-corrected chi connectivity index (χ2v) is 6.29. The molecule has 0 saturated carbocycles. The van der Waals surface area contributed by atoms with Crippen LogP contribution >= 0.6 is 0 Å². The molecule has 0 fully saturated rings. The maximum Gasteiger partial charge on any atom is 0.255 e. The second-order valence-electron chi connectivity index (χ2n) is 6.29. The highest BCUT2D eigenvalue weighted by Crippen LogP contribution is 2.24. The number of pyridine rings is 1. The zero-order valence-corrected chi connectivity index (χ0v) is 14.9. The van der Waals surface area contributed by atoms with Crippen LogP contribution in [-0.2, 0) is 0 Å². The van der Waals surface area contributed by atoms with Crippen molar-refractivity contribution in [2.45, 2.75) is 26.8 Å². The number of hydrogen-bond acceptors (Lipinski definition) is 3. The van der Waals surface area contributed by atoms with E-state index in [1.54, 1.807) is 18.1 Å². The first-order valence-corrected chi connectivity index (χ1v) is 8.28. The predicted octanol–water partition coefficient (Wildman–Crippen LogP) is 3.92. The largest absolute Gasteiger partial charge is 0.333 e. The minimum Gasteiger partial charge on any atom is -0.333 e. The minimum atomic E-state index is -0.126. The average Bonchev–Trinajstić information content (AvgIpc) is 3.13. The summed E-state index contributed by atoms with van der Waals surface area (Å²) < 4.78 is 0. The van der Waals surface area contributed by atoms with Crippen molar-refractivity contribution in [2.24, 2.45) is 0 Å². The van der Waals surface area contributed by atoms with Gasteiger partial charge in [0, 0.05) is 24.5 Å². The Morgan fingerprint density at radius 1 is 1.16 bits per heavy atom. The normalized spacial score (nSPS) is 12.0. The molecule has 5 nitrogen and oxygen atoms in total. The Morgan fingerprint density at radius 2 is 1.88 bits per heavy atom. The third kappa shape index (κ3) is 3.45. The van der Waals surface area contributed by atoms with Gasteiger partial charge in [-0.25, -0.2) is 0 Å². The molecule has 25 heavy (non-hydrogen) atoms. The number of aromatic amines is 1. The number of H-pyrrole nitrogens is 1. The van der Waals surface area contributed by atoms with E-state index in [9.17, 15) is 4.79 Å².